The summed E-state index contributed by atoms with van der Waals surface area (Å²) in [5.74, 6) is -0.694. The van der Waals surface area contributed by atoms with Crippen molar-refractivity contribution in [3.63, 3.8) is 0 Å². The minimum Gasteiger partial charge on any atom is -0.478 e. The average Bonchev–Trinajstić information content (AvgIpc) is 3.53. The molecule has 1 aromatic carbocycles. The first-order valence-electron chi connectivity index (χ1n) is 13.0. The molecule has 2 aliphatic carbocycles. The van der Waals surface area contributed by atoms with Crippen LogP contribution in [-0.4, -0.2) is 53.7 Å². The van der Waals surface area contributed by atoms with Crippen LogP contribution in [0, 0.1) is 6.92 Å². The summed E-state index contributed by atoms with van der Waals surface area (Å²) in [5, 5.41) is 42.7. The Bertz CT molecular complexity index is 1530. The molecule has 212 valence electrons. The van der Waals surface area contributed by atoms with Gasteiger partial charge in [-0.05, 0) is 70.1 Å². The highest BCUT2D eigenvalue weighted by atomic mass is 35.5. The van der Waals surface area contributed by atoms with E-state index in [0.717, 1.165) is 46.2 Å². The van der Waals surface area contributed by atoms with Gasteiger partial charge < -0.3 is 20.2 Å². The van der Waals surface area contributed by atoms with E-state index >= 15 is 0 Å². The standard InChI is InChI=1S/C27H29Cl2N5O5S/c1-3-18(28)24(19(29)12-30-38)34-20(23(32-33-34)15-4-5-15)13-39-17-6-8-27(37,9-7-17)26-31-22-14(2)10-16(25(35)36)11-21(22)40-26/h3,10-12,15,17,37-38H,4-9,13H2,1-2H3,(H,35,36)/b18-3+,24-19-,30-12+. The highest BCUT2D eigenvalue weighted by molar-refractivity contribution is 7.18. The van der Waals surface area contributed by atoms with E-state index in [2.05, 4.69) is 15.5 Å². The van der Waals surface area contributed by atoms with Crippen LogP contribution in [0.25, 0.3) is 15.9 Å². The lowest BCUT2D eigenvalue weighted by molar-refractivity contribution is -0.0648. The van der Waals surface area contributed by atoms with Crippen molar-refractivity contribution in [2.45, 2.75) is 76.6 Å². The first-order chi connectivity index (χ1) is 19.1. The molecule has 3 aromatic rings. The third kappa shape index (κ3) is 5.66. The summed E-state index contributed by atoms with van der Waals surface area (Å²) in [6.07, 6.45) is 6.82. The molecular weight excluding hydrogens is 577 g/mol. The number of oxime groups is 1. The number of hydrogen-bond acceptors (Lipinski definition) is 9. The fraction of sp³-hybridized carbons (Fsp3) is 0.444. The van der Waals surface area contributed by atoms with Crippen molar-refractivity contribution in [3.8, 4) is 0 Å². The summed E-state index contributed by atoms with van der Waals surface area (Å²) in [5.41, 5.74) is 2.51. The van der Waals surface area contributed by atoms with Crippen molar-refractivity contribution in [3.05, 3.63) is 55.8 Å². The monoisotopic (exact) mass is 605 g/mol. The molecule has 2 aromatic heterocycles. The fourth-order valence-electron chi connectivity index (χ4n) is 5.03. The Morgan fingerprint density at radius 3 is 2.62 bits per heavy atom. The van der Waals surface area contributed by atoms with Crippen LogP contribution in [0.2, 0.25) is 0 Å². The van der Waals surface area contributed by atoms with Crippen molar-refractivity contribution < 1.29 is 25.0 Å². The number of ether oxygens (including phenoxy) is 1. The van der Waals surface area contributed by atoms with Gasteiger partial charge in [0.25, 0.3) is 0 Å². The predicted molar refractivity (Wildman–Crippen MR) is 153 cm³/mol. The number of allylic oxidation sites excluding steroid dienone is 4. The number of carboxylic acid groups (broad SMARTS) is 1. The zero-order valence-electron chi connectivity index (χ0n) is 22.0. The number of benzene rings is 1. The largest absolute Gasteiger partial charge is 0.478 e. The molecule has 0 radical (unpaired) electrons. The molecule has 10 nitrogen and oxygen atoms in total. The van der Waals surface area contributed by atoms with E-state index in [4.69, 9.17) is 38.1 Å². The van der Waals surface area contributed by atoms with Crippen LogP contribution in [-0.2, 0) is 16.9 Å². The third-order valence-electron chi connectivity index (χ3n) is 7.39. The molecule has 40 heavy (non-hydrogen) atoms. The van der Waals surface area contributed by atoms with Crippen LogP contribution in [0.15, 0.2) is 33.4 Å². The van der Waals surface area contributed by atoms with Crippen LogP contribution in [0.3, 0.4) is 0 Å². The van der Waals surface area contributed by atoms with E-state index in [0.29, 0.717) is 47.3 Å². The quantitative estimate of drug-likeness (QED) is 0.114. The maximum Gasteiger partial charge on any atom is 0.335 e. The third-order valence-corrected chi connectivity index (χ3v) is 9.26. The van der Waals surface area contributed by atoms with Crippen LogP contribution in [0.1, 0.15) is 83.7 Å². The van der Waals surface area contributed by atoms with E-state index in [-0.39, 0.29) is 23.3 Å². The molecule has 2 saturated carbocycles. The van der Waals surface area contributed by atoms with Gasteiger partial charge in [0, 0.05) is 5.92 Å². The maximum absolute atomic E-state index is 11.5. The highest BCUT2D eigenvalue weighted by Crippen LogP contribution is 2.44. The summed E-state index contributed by atoms with van der Waals surface area (Å²) in [6.45, 7) is 3.81. The molecule has 5 rings (SSSR count). The molecule has 0 aliphatic heterocycles. The van der Waals surface area contributed by atoms with Gasteiger partial charge in [0.2, 0.25) is 0 Å². The van der Waals surface area contributed by atoms with Gasteiger partial charge >= 0.3 is 5.97 Å². The Hall–Kier alpha value is -2.83. The summed E-state index contributed by atoms with van der Waals surface area (Å²) in [4.78, 5) is 16.2. The van der Waals surface area contributed by atoms with Gasteiger partial charge in [-0.25, -0.2) is 14.5 Å². The molecule has 0 unspecified atom stereocenters. The molecule has 0 atom stereocenters. The van der Waals surface area contributed by atoms with E-state index < -0.39 is 11.6 Å². The Morgan fingerprint density at radius 1 is 1.27 bits per heavy atom. The lowest BCUT2D eigenvalue weighted by Crippen LogP contribution is -2.34. The molecule has 2 aliphatic rings. The van der Waals surface area contributed by atoms with Crippen molar-refractivity contribution in [1.82, 2.24) is 20.0 Å². The van der Waals surface area contributed by atoms with Gasteiger partial charge in [-0.2, -0.15) is 0 Å². The smallest absolute Gasteiger partial charge is 0.335 e. The average molecular weight is 607 g/mol. The molecular formula is C27H29Cl2N5O5S. The molecule has 2 heterocycles. The van der Waals surface area contributed by atoms with Gasteiger partial charge in [-0.1, -0.05) is 39.6 Å². The number of carbonyl (C=O) groups is 1. The number of halogens is 2. The molecule has 0 bridgehead atoms. The fourth-order valence-corrected chi connectivity index (χ4v) is 6.72. The number of aryl methyl sites for hydroxylation is 1. The normalized spacial score (nSPS) is 22.7. The second-order valence-corrected chi connectivity index (χ2v) is 12.0. The van der Waals surface area contributed by atoms with Gasteiger partial charge in [0.05, 0.1) is 56.2 Å². The molecule has 3 N–H and O–H groups in total. The van der Waals surface area contributed by atoms with Crippen molar-refractivity contribution in [2.24, 2.45) is 5.16 Å². The van der Waals surface area contributed by atoms with Crippen LogP contribution < -0.4 is 0 Å². The zero-order valence-corrected chi connectivity index (χ0v) is 24.3. The van der Waals surface area contributed by atoms with Crippen molar-refractivity contribution in [2.75, 3.05) is 0 Å². The molecule has 0 spiro atoms. The van der Waals surface area contributed by atoms with Gasteiger partial charge in [0.1, 0.15) is 16.3 Å². The Labute approximate surface area is 244 Å². The summed E-state index contributed by atoms with van der Waals surface area (Å²) in [7, 11) is 0. The highest BCUT2D eigenvalue weighted by Gasteiger charge is 2.39. The zero-order chi connectivity index (χ0) is 28.6. The second-order valence-electron chi connectivity index (χ2n) is 10.2. The topological polar surface area (TPSA) is 143 Å². The Balaban J connectivity index is 1.33. The van der Waals surface area contributed by atoms with Gasteiger partial charge in [-0.15, -0.1) is 16.4 Å². The van der Waals surface area contributed by atoms with Crippen molar-refractivity contribution in [1.29, 1.82) is 0 Å². The molecule has 13 heteroatoms. The van der Waals surface area contributed by atoms with E-state index in [9.17, 15) is 15.0 Å². The second kappa shape index (κ2) is 11.6. The number of rotatable bonds is 9. The number of aromatic carboxylic acids is 1. The van der Waals surface area contributed by atoms with Crippen LogP contribution >= 0.6 is 34.5 Å². The molecule has 0 saturated heterocycles. The van der Waals surface area contributed by atoms with E-state index in [1.165, 1.54) is 11.3 Å². The Kier molecular flexibility index (Phi) is 8.30. The number of nitrogens with zero attached hydrogens (tertiary/aromatic N) is 5. The summed E-state index contributed by atoms with van der Waals surface area (Å²) < 4.78 is 8.63. The SMILES string of the molecule is C\C=C(Cl)/C(=C(Cl)\C=N\O)n1nnc(C2CC2)c1COC1CCC(O)(c2nc3c(C)cc(C(=O)O)cc3s2)CC1. The first-order valence-corrected chi connectivity index (χ1v) is 14.6. The number of hydrogen-bond donors (Lipinski definition) is 3. The van der Waals surface area contributed by atoms with Crippen LogP contribution in [0.4, 0.5) is 0 Å². The summed E-state index contributed by atoms with van der Waals surface area (Å²) >= 11 is 14.2. The first kappa shape index (κ1) is 28.7. The van der Waals surface area contributed by atoms with E-state index in [1.807, 2.05) is 6.92 Å². The number of aromatic nitrogens is 4. The Morgan fingerprint density at radius 2 is 2.00 bits per heavy atom. The molecule has 2 fully saturated rings. The van der Waals surface area contributed by atoms with Gasteiger partial charge in [0.15, 0.2) is 0 Å². The minimum absolute atomic E-state index is 0.100. The van der Waals surface area contributed by atoms with Gasteiger partial charge in [-0.3, -0.25) is 0 Å². The van der Waals surface area contributed by atoms with Crippen LogP contribution in [0.5, 0.6) is 0 Å². The number of fused-ring (bicyclic) bond motifs is 1. The number of aliphatic hydroxyl groups is 1. The lowest BCUT2D eigenvalue weighted by Gasteiger charge is -2.34. The number of thiazole rings is 1. The minimum atomic E-state index is -1.10. The summed E-state index contributed by atoms with van der Waals surface area (Å²) in [6, 6.07) is 3.21. The predicted octanol–water partition coefficient (Wildman–Crippen LogP) is 6.13. The van der Waals surface area contributed by atoms with Crippen molar-refractivity contribution >= 4 is 62.6 Å². The molecule has 0 amide bonds. The number of carboxylic acids is 1. The van der Waals surface area contributed by atoms with E-state index in [1.54, 1.807) is 29.8 Å². The lowest BCUT2D eigenvalue weighted by atomic mass is 9.83. The maximum atomic E-state index is 11.5.